The van der Waals surface area contributed by atoms with Gasteiger partial charge >= 0.3 is 0 Å². The van der Waals surface area contributed by atoms with Gasteiger partial charge < -0.3 is 0 Å². The van der Waals surface area contributed by atoms with E-state index in [1.54, 1.807) is 6.07 Å². The van der Waals surface area contributed by atoms with Crippen LogP contribution in [0, 0.1) is 0 Å². The van der Waals surface area contributed by atoms with Crippen molar-refractivity contribution in [3.8, 4) is 11.1 Å². The molecule has 0 aliphatic heterocycles. The number of hydrogen-bond donors (Lipinski definition) is 0. The molecule has 13 heavy (non-hydrogen) atoms. The summed E-state index contributed by atoms with van der Waals surface area (Å²) in [7, 11) is 0. The number of carbonyl (C=O) groups excluding carboxylic acids is 2. The van der Waals surface area contributed by atoms with Crippen molar-refractivity contribution in [1.82, 2.24) is 0 Å². The number of fused-ring (bicyclic) bond motifs is 1. The van der Waals surface area contributed by atoms with Crippen molar-refractivity contribution < 1.29 is 9.59 Å². The molecule has 0 spiro atoms. The number of benzene rings is 1. The van der Waals surface area contributed by atoms with Crippen molar-refractivity contribution in [2.24, 2.45) is 9.98 Å². The zero-order valence-corrected chi connectivity index (χ0v) is 6.52. The average molecular weight is 172 g/mol. The summed E-state index contributed by atoms with van der Waals surface area (Å²) in [5, 5.41) is 0. The fourth-order valence-corrected chi connectivity index (χ4v) is 1.27. The van der Waals surface area contributed by atoms with Crippen molar-refractivity contribution >= 4 is 12.2 Å². The molecule has 0 saturated heterocycles. The van der Waals surface area contributed by atoms with Crippen LogP contribution in [0.15, 0.2) is 28.2 Å². The van der Waals surface area contributed by atoms with E-state index in [0.717, 1.165) is 16.7 Å². The third kappa shape index (κ3) is 1.20. The van der Waals surface area contributed by atoms with Gasteiger partial charge in [-0.2, -0.15) is 9.98 Å². The van der Waals surface area contributed by atoms with Crippen LogP contribution in [0.5, 0.6) is 0 Å². The van der Waals surface area contributed by atoms with Gasteiger partial charge in [0, 0.05) is 5.56 Å². The summed E-state index contributed by atoms with van der Waals surface area (Å²) in [6, 6.07) is 5.61. The van der Waals surface area contributed by atoms with E-state index in [-0.39, 0.29) is 0 Å². The molecule has 2 rings (SSSR count). The molecule has 2 aliphatic rings. The number of rotatable bonds is 3. The molecule has 4 heteroatoms. The van der Waals surface area contributed by atoms with E-state index in [1.165, 1.54) is 12.2 Å². The highest BCUT2D eigenvalue weighted by Gasteiger charge is 2.22. The SMILES string of the molecule is O=C=NC(N=C=O)c1ccc2cc1-2. The second kappa shape index (κ2) is 2.79. The number of nitrogens with zero attached hydrogens (tertiary/aromatic N) is 2. The molecule has 0 bridgehead atoms. The molecule has 0 atom stereocenters. The molecule has 0 heterocycles. The normalized spacial score (nSPS) is 12.3. The predicted octanol–water partition coefficient (Wildman–Crippen LogP) is 1.34. The maximum atomic E-state index is 10.0. The minimum Gasteiger partial charge on any atom is -0.211 e. The summed E-state index contributed by atoms with van der Waals surface area (Å²) in [6.07, 6.45) is 1.99. The first-order valence-corrected chi connectivity index (χ1v) is 3.65. The molecule has 0 unspecified atom stereocenters. The standard InChI is InChI=1S/C9H4N2O2/c12-4-10-9(11-5-13)7-2-1-6-3-8(6)7/h1-3,9H. The zero-order valence-electron chi connectivity index (χ0n) is 6.52. The third-order valence-electron chi connectivity index (χ3n) is 1.91. The van der Waals surface area contributed by atoms with Gasteiger partial charge in [0.15, 0.2) is 6.17 Å². The van der Waals surface area contributed by atoms with Crippen molar-refractivity contribution in [2.45, 2.75) is 6.17 Å². The fraction of sp³-hybridized carbons (Fsp3) is 0.111. The van der Waals surface area contributed by atoms with Crippen LogP contribution in [0.25, 0.3) is 11.1 Å². The Morgan fingerprint density at radius 3 is 2.23 bits per heavy atom. The summed E-state index contributed by atoms with van der Waals surface area (Å²) in [4.78, 5) is 26.8. The fourth-order valence-electron chi connectivity index (χ4n) is 1.27. The summed E-state index contributed by atoms with van der Waals surface area (Å²) < 4.78 is 0. The van der Waals surface area contributed by atoms with Gasteiger partial charge in [-0.1, -0.05) is 12.1 Å². The van der Waals surface area contributed by atoms with E-state index in [1.807, 2.05) is 12.1 Å². The average Bonchev–Trinajstić information content (AvgIpc) is 2.78. The Morgan fingerprint density at radius 2 is 1.85 bits per heavy atom. The van der Waals surface area contributed by atoms with Gasteiger partial charge in [-0.15, -0.1) is 0 Å². The Balaban J connectivity index is 2.36. The van der Waals surface area contributed by atoms with Gasteiger partial charge in [0.25, 0.3) is 0 Å². The van der Waals surface area contributed by atoms with Crippen molar-refractivity contribution in [1.29, 1.82) is 0 Å². The largest absolute Gasteiger partial charge is 0.237 e. The van der Waals surface area contributed by atoms with Gasteiger partial charge in [-0.05, 0) is 17.2 Å². The zero-order chi connectivity index (χ0) is 9.26. The van der Waals surface area contributed by atoms with Crippen LogP contribution in [-0.2, 0) is 9.59 Å². The topological polar surface area (TPSA) is 58.9 Å². The Bertz CT molecular complexity index is 437. The number of isocyanates is 2. The lowest BCUT2D eigenvalue weighted by Crippen LogP contribution is -1.88. The lowest BCUT2D eigenvalue weighted by atomic mass is 10.2. The Labute approximate surface area is 73.6 Å². The van der Waals surface area contributed by atoms with E-state index >= 15 is 0 Å². The Morgan fingerprint density at radius 1 is 1.15 bits per heavy atom. The lowest BCUT2D eigenvalue weighted by molar-refractivity contribution is 0.552. The van der Waals surface area contributed by atoms with Gasteiger partial charge in [-0.3, -0.25) is 0 Å². The molecule has 0 amide bonds. The van der Waals surface area contributed by atoms with E-state index in [0.29, 0.717) is 0 Å². The molecule has 2 aliphatic carbocycles. The summed E-state index contributed by atoms with van der Waals surface area (Å²) in [6.45, 7) is 0. The van der Waals surface area contributed by atoms with Crippen molar-refractivity contribution in [3.05, 3.63) is 23.8 Å². The van der Waals surface area contributed by atoms with Crippen LogP contribution in [0.3, 0.4) is 0 Å². The molecule has 62 valence electrons. The van der Waals surface area contributed by atoms with Crippen molar-refractivity contribution in [3.63, 3.8) is 0 Å². The Kier molecular flexibility index (Phi) is 1.64. The smallest absolute Gasteiger partial charge is 0.211 e. The molecular weight excluding hydrogens is 168 g/mol. The number of hydrogen-bond acceptors (Lipinski definition) is 4. The van der Waals surface area contributed by atoms with E-state index < -0.39 is 6.17 Å². The summed E-state index contributed by atoms with van der Waals surface area (Å²) in [5.41, 5.74) is 2.90. The summed E-state index contributed by atoms with van der Waals surface area (Å²) >= 11 is 0. The second-order valence-electron chi connectivity index (χ2n) is 2.62. The van der Waals surface area contributed by atoms with E-state index in [9.17, 15) is 9.59 Å². The highest BCUT2D eigenvalue weighted by Crippen LogP contribution is 2.42. The van der Waals surface area contributed by atoms with Gasteiger partial charge in [0.05, 0.1) is 0 Å². The quantitative estimate of drug-likeness (QED) is 0.518. The summed E-state index contributed by atoms with van der Waals surface area (Å²) in [5.74, 6) is 0. The molecule has 0 saturated carbocycles. The Hall–Kier alpha value is -2.02. The van der Waals surface area contributed by atoms with Gasteiger partial charge in [-0.25, -0.2) is 9.59 Å². The molecule has 0 aromatic carbocycles. The van der Waals surface area contributed by atoms with Crippen LogP contribution in [0.4, 0.5) is 0 Å². The predicted molar refractivity (Wildman–Crippen MR) is 44.4 cm³/mol. The molecule has 0 radical (unpaired) electrons. The lowest BCUT2D eigenvalue weighted by Gasteiger charge is -1.98. The molecule has 0 aromatic rings. The first-order chi connectivity index (χ1) is 6.36. The van der Waals surface area contributed by atoms with Crippen LogP contribution >= 0.6 is 0 Å². The molecular formula is C9H4N2O2. The van der Waals surface area contributed by atoms with Crippen LogP contribution < -0.4 is 0 Å². The first-order valence-electron chi connectivity index (χ1n) is 3.65. The van der Waals surface area contributed by atoms with Gasteiger partial charge in [0.2, 0.25) is 12.2 Å². The second-order valence-corrected chi connectivity index (χ2v) is 2.62. The monoisotopic (exact) mass is 172 g/mol. The highest BCUT2D eigenvalue weighted by atomic mass is 16.1. The highest BCUT2D eigenvalue weighted by molar-refractivity contribution is 5.85. The van der Waals surface area contributed by atoms with Crippen LogP contribution in [-0.4, -0.2) is 12.2 Å². The molecule has 0 fully saturated rings. The third-order valence-corrected chi connectivity index (χ3v) is 1.91. The van der Waals surface area contributed by atoms with Gasteiger partial charge in [0.1, 0.15) is 0 Å². The van der Waals surface area contributed by atoms with Crippen LogP contribution in [0.1, 0.15) is 11.7 Å². The maximum absolute atomic E-state index is 10.0. The molecule has 4 nitrogen and oxygen atoms in total. The van der Waals surface area contributed by atoms with Crippen molar-refractivity contribution in [2.75, 3.05) is 0 Å². The van der Waals surface area contributed by atoms with E-state index in [4.69, 9.17) is 0 Å². The minimum atomic E-state index is -0.766. The number of aliphatic imine (C=N–C) groups is 2. The molecule has 0 N–H and O–H groups in total. The van der Waals surface area contributed by atoms with E-state index in [2.05, 4.69) is 9.98 Å². The maximum Gasteiger partial charge on any atom is 0.237 e. The molecule has 0 aromatic heterocycles. The first kappa shape index (κ1) is 7.62. The minimum absolute atomic E-state index is 0.765. The van der Waals surface area contributed by atoms with Crippen LogP contribution in [0.2, 0.25) is 0 Å².